The Morgan fingerprint density at radius 2 is 1.65 bits per heavy atom. The van der Waals surface area contributed by atoms with Crippen LogP contribution in [0.3, 0.4) is 0 Å². The van der Waals surface area contributed by atoms with Gasteiger partial charge in [-0.05, 0) is 57.5 Å². The first-order valence-corrected chi connectivity index (χ1v) is 10.6. The van der Waals surface area contributed by atoms with Crippen molar-refractivity contribution >= 4 is 5.97 Å². The van der Waals surface area contributed by atoms with Gasteiger partial charge in [0.25, 0.3) is 0 Å². The van der Waals surface area contributed by atoms with E-state index in [9.17, 15) is 4.79 Å². The average molecular weight is 429 g/mol. The summed E-state index contributed by atoms with van der Waals surface area (Å²) in [5, 5.41) is 0. The van der Waals surface area contributed by atoms with E-state index in [2.05, 4.69) is 0 Å². The number of hydrogen-bond acceptors (Lipinski definition) is 6. The number of hydrogen-bond donors (Lipinski definition) is 0. The molecule has 6 nitrogen and oxygen atoms in total. The van der Waals surface area contributed by atoms with Gasteiger partial charge in [0, 0.05) is 6.42 Å². The summed E-state index contributed by atoms with van der Waals surface area (Å²) < 4.78 is 29.3. The molecule has 0 aliphatic carbocycles. The quantitative estimate of drug-likeness (QED) is 0.593. The van der Waals surface area contributed by atoms with Crippen LogP contribution in [0, 0.1) is 5.41 Å². The molecule has 1 heterocycles. The van der Waals surface area contributed by atoms with Gasteiger partial charge in [-0.3, -0.25) is 4.79 Å². The molecule has 0 radical (unpaired) electrons. The number of esters is 1. The highest BCUT2D eigenvalue weighted by Gasteiger charge is 2.41. The van der Waals surface area contributed by atoms with Crippen molar-refractivity contribution in [2.24, 2.45) is 5.41 Å². The molecule has 2 aromatic rings. The van der Waals surface area contributed by atoms with Crippen LogP contribution in [0.15, 0.2) is 54.6 Å². The predicted octanol–water partition coefficient (Wildman–Crippen LogP) is 4.75. The van der Waals surface area contributed by atoms with Gasteiger partial charge in [-0.15, -0.1) is 0 Å². The second-order valence-corrected chi connectivity index (χ2v) is 8.77. The SMILES string of the molecule is COc1ccc(O[C@@H]2O[C@H](C)[C@@H](OCc3ccccc3)C[C@H]2OC(=O)C(C)(C)C)cc1. The highest BCUT2D eigenvalue weighted by atomic mass is 16.7. The third kappa shape index (κ3) is 6.45. The lowest BCUT2D eigenvalue weighted by Crippen LogP contribution is -2.51. The van der Waals surface area contributed by atoms with Gasteiger partial charge in [0.15, 0.2) is 6.10 Å². The van der Waals surface area contributed by atoms with Crippen molar-refractivity contribution in [3.05, 3.63) is 60.2 Å². The van der Waals surface area contributed by atoms with Gasteiger partial charge in [0.2, 0.25) is 6.29 Å². The molecule has 0 unspecified atom stereocenters. The van der Waals surface area contributed by atoms with E-state index in [1.807, 2.05) is 70.2 Å². The minimum atomic E-state index is -0.730. The number of methoxy groups -OCH3 is 1. The van der Waals surface area contributed by atoms with E-state index in [-0.39, 0.29) is 18.2 Å². The highest BCUT2D eigenvalue weighted by Crippen LogP contribution is 2.30. The largest absolute Gasteiger partial charge is 0.497 e. The molecule has 4 atom stereocenters. The molecule has 0 saturated carbocycles. The molecule has 1 fully saturated rings. The van der Waals surface area contributed by atoms with Gasteiger partial charge in [-0.2, -0.15) is 0 Å². The van der Waals surface area contributed by atoms with E-state index in [0.717, 1.165) is 11.3 Å². The smallest absolute Gasteiger partial charge is 0.311 e. The monoisotopic (exact) mass is 428 g/mol. The van der Waals surface area contributed by atoms with Crippen LogP contribution in [0.1, 0.15) is 39.7 Å². The Hall–Kier alpha value is -2.57. The summed E-state index contributed by atoms with van der Waals surface area (Å²) in [6.07, 6.45) is -1.29. The predicted molar refractivity (Wildman–Crippen MR) is 117 cm³/mol. The second kappa shape index (κ2) is 10.2. The topological polar surface area (TPSA) is 63.2 Å². The van der Waals surface area contributed by atoms with Crippen LogP contribution in [0.4, 0.5) is 0 Å². The van der Waals surface area contributed by atoms with Gasteiger partial charge in [-0.1, -0.05) is 30.3 Å². The Kier molecular flexibility index (Phi) is 7.57. The van der Waals surface area contributed by atoms with Crippen LogP contribution in [-0.4, -0.2) is 37.7 Å². The maximum absolute atomic E-state index is 12.6. The summed E-state index contributed by atoms with van der Waals surface area (Å²) >= 11 is 0. The Balaban J connectivity index is 1.71. The van der Waals surface area contributed by atoms with Crippen LogP contribution >= 0.6 is 0 Å². The van der Waals surface area contributed by atoms with Gasteiger partial charge < -0.3 is 23.7 Å². The molecule has 31 heavy (non-hydrogen) atoms. The van der Waals surface area contributed by atoms with Gasteiger partial charge in [0.05, 0.1) is 31.3 Å². The summed E-state index contributed by atoms with van der Waals surface area (Å²) in [6, 6.07) is 17.2. The van der Waals surface area contributed by atoms with E-state index in [0.29, 0.717) is 18.8 Å². The van der Waals surface area contributed by atoms with Crippen LogP contribution < -0.4 is 9.47 Å². The minimum Gasteiger partial charge on any atom is -0.497 e. The fraction of sp³-hybridized carbons (Fsp3) is 0.480. The van der Waals surface area contributed by atoms with E-state index >= 15 is 0 Å². The Morgan fingerprint density at radius 3 is 2.26 bits per heavy atom. The molecular weight excluding hydrogens is 396 g/mol. The molecule has 3 rings (SSSR count). The Bertz CT molecular complexity index is 827. The molecule has 0 N–H and O–H groups in total. The van der Waals surface area contributed by atoms with Crippen LogP contribution in [0.2, 0.25) is 0 Å². The number of benzene rings is 2. The minimum absolute atomic E-state index is 0.225. The zero-order valence-corrected chi connectivity index (χ0v) is 18.9. The fourth-order valence-electron chi connectivity index (χ4n) is 3.21. The van der Waals surface area contributed by atoms with Crippen LogP contribution in [-0.2, 0) is 25.6 Å². The van der Waals surface area contributed by atoms with Crippen molar-refractivity contribution in [2.75, 3.05) is 7.11 Å². The number of carbonyl (C=O) groups excluding carboxylic acids is 1. The second-order valence-electron chi connectivity index (χ2n) is 8.77. The van der Waals surface area contributed by atoms with E-state index in [4.69, 9.17) is 23.7 Å². The van der Waals surface area contributed by atoms with E-state index < -0.39 is 17.8 Å². The molecule has 0 amide bonds. The molecule has 6 heteroatoms. The normalized spacial score (nSPS) is 23.8. The van der Waals surface area contributed by atoms with Crippen molar-refractivity contribution in [1.29, 1.82) is 0 Å². The molecule has 2 aromatic carbocycles. The first kappa shape index (κ1) is 23.1. The van der Waals surface area contributed by atoms with Crippen molar-refractivity contribution in [2.45, 2.75) is 65.3 Å². The maximum Gasteiger partial charge on any atom is 0.311 e. The zero-order valence-electron chi connectivity index (χ0n) is 18.9. The summed E-state index contributed by atoms with van der Waals surface area (Å²) in [5.74, 6) is 1.04. The molecule has 1 aliphatic rings. The van der Waals surface area contributed by atoms with Crippen molar-refractivity contribution in [1.82, 2.24) is 0 Å². The summed E-state index contributed by atoms with van der Waals surface area (Å²) in [4.78, 5) is 12.6. The first-order valence-electron chi connectivity index (χ1n) is 10.6. The van der Waals surface area contributed by atoms with E-state index in [1.54, 1.807) is 19.2 Å². The Morgan fingerprint density at radius 1 is 1.00 bits per heavy atom. The lowest BCUT2D eigenvalue weighted by Gasteiger charge is -2.40. The fourth-order valence-corrected chi connectivity index (χ4v) is 3.21. The summed E-state index contributed by atoms with van der Waals surface area (Å²) in [5.41, 5.74) is 0.447. The zero-order chi connectivity index (χ0) is 22.4. The van der Waals surface area contributed by atoms with Crippen molar-refractivity contribution in [3.63, 3.8) is 0 Å². The van der Waals surface area contributed by atoms with Crippen molar-refractivity contribution < 1.29 is 28.5 Å². The molecule has 0 spiro atoms. The third-order valence-corrected chi connectivity index (χ3v) is 5.13. The van der Waals surface area contributed by atoms with Gasteiger partial charge >= 0.3 is 5.97 Å². The van der Waals surface area contributed by atoms with Gasteiger partial charge in [0.1, 0.15) is 11.5 Å². The molecule has 1 aliphatic heterocycles. The molecule has 0 aromatic heterocycles. The molecule has 1 saturated heterocycles. The first-order chi connectivity index (χ1) is 14.8. The highest BCUT2D eigenvalue weighted by molar-refractivity contribution is 5.75. The van der Waals surface area contributed by atoms with Crippen LogP contribution in [0.5, 0.6) is 11.5 Å². The number of carbonyl (C=O) groups is 1. The van der Waals surface area contributed by atoms with E-state index in [1.165, 1.54) is 0 Å². The summed E-state index contributed by atoms with van der Waals surface area (Å²) in [7, 11) is 1.61. The number of rotatable bonds is 7. The van der Waals surface area contributed by atoms with Crippen LogP contribution in [0.25, 0.3) is 0 Å². The van der Waals surface area contributed by atoms with Gasteiger partial charge in [-0.25, -0.2) is 0 Å². The summed E-state index contributed by atoms with van der Waals surface area (Å²) in [6.45, 7) is 7.88. The Labute approximate surface area is 184 Å². The lowest BCUT2D eigenvalue weighted by atomic mass is 9.96. The average Bonchev–Trinajstić information content (AvgIpc) is 2.75. The molecule has 0 bridgehead atoms. The molecular formula is C25H32O6. The number of ether oxygens (including phenoxy) is 5. The molecule has 168 valence electrons. The maximum atomic E-state index is 12.6. The third-order valence-electron chi connectivity index (χ3n) is 5.13. The van der Waals surface area contributed by atoms with Crippen molar-refractivity contribution in [3.8, 4) is 11.5 Å². The standard InChI is InChI=1S/C25H32O6/c1-17-21(28-16-18-9-7-6-8-10-18)15-22(31-24(26)25(2,3)4)23(29-17)30-20-13-11-19(27-5)12-14-20/h6-14,17,21-23H,15-16H2,1-5H3/t17-,21+,22-,23+/m1/s1. The lowest BCUT2D eigenvalue weighted by molar-refractivity contribution is -0.249.